The Hall–Kier alpha value is -2.02. The van der Waals surface area contributed by atoms with Crippen molar-refractivity contribution in [1.82, 2.24) is 4.90 Å². The summed E-state index contributed by atoms with van der Waals surface area (Å²) < 4.78 is 5.47. The van der Waals surface area contributed by atoms with Gasteiger partial charge in [-0.3, -0.25) is 4.79 Å². The van der Waals surface area contributed by atoms with Crippen LogP contribution in [-0.4, -0.2) is 30.4 Å². The lowest BCUT2D eigenvalue weighted by atomic mass is 9.49. The van der Waals surface area contributed by atoms with E-state index in [-0.39, 0.29) is 11.5 Å². The summed E-state index contributed by atoms with van der Waals surface area (Å²) in [4.78, 5) is 14.6. The van der Waals surface area contributed by atoms with Crippen molar-refractivity contribution in [3.05, 3.63) is 29.3 Å². The quantitative estimate of drug-likeness (QED) is 0.785. The van der Waals surface area contributed by atoms with Gasteiger partial charge in [-0.15, -0.1) is 0 Å². The van der Waals surface area contributed by atoms with E-state index in [0.29, 0.717) is 30.5 Å². The van der Waals surface area contributed by atoms with Gasteiger partial charge in [0, 0.05) is 30.8 Å². The molecule has 4 rings (SSSR count). The Balaban J connectivity index is 1.92. The summed E-state index contributed by atoms with van der Waals surface area (Å²) in [5.41, 5.74) is 2.50. The Labute approximate surface area is 143 Å². The van der Waals surface area contributed by atoms with Gasteiger partial charge in [-0.2, -0.15) is 5.26 Å². The first-order chi connectivity index (χ1) is 11.6. The maximum absolute atomic E-state index is 12.6. The van der Waals surface area contributed by atoms with E-state index in [4.69, 9.17) is 4.74 Å². The molecule has 1 heterocycles. The van der Waals surface area contributed by atoms with Gasteiger partial charge in [0.05, 0.1) is 7.11 Å². The molecular weight excluding hydrogens is 300 g/mol. The van der Waals surface area contributed by atoms with E-state index in [0.717, 1.165) is 31.6 Å². The Morgan fingerprint density at radius 3 is 2.96 bits per heavy atom. The highest BCUT2D eigenvalue weighted by atomic mass is 16.5. The highest BCUT2D eigenvalue weighted by Gasteiger charge is 2.58. The van der Waals surface area contributed by atoms with Crippen molar-refractivity contribution >= 4 is 5.78 Å². The Morgan fingerprint density at radius 1 is 1.42 bits per heavy atom. The van der Waals surface area contributed by atoms with Crippen LogP contribution in [0.25, 0.3) is 0 Å². The van der Waals surface area contributed by atoms with Crippen LogP contribution in [0.5, 0.6) is 5.75 Å². The number of piperidine rings is 1. The third-order valence-electron chi connectivity index (χ3n) is 6.70. The molecule has 3 aliphatic rings. The van der Waals surface area contributed by atoms with Crippen molar-refractivity contribution in [2.45, 2.75) is 50.5 Å². The lowest BCUT2D eigenvalue weighted by Crippen LogP contribution is -2.63. The Kier molecular flexibility index (Phi) is 3.56. The average Bonchev–Trinajstić information content (AvgIpc) is 2.60. The molecule has 0 N–H and O–H groups in total. The minimum absolute atomic E-state index is 0.101. The van der Waals surface area contributed by atoms with Crippen LogP contribution >= 0.6 is 0 Å². The molecule has 0 amide bonds. The first-order valence-electron chi connectivity index (χ1n) is 8.98. The van der Waals surface area contributed by atoms with Gasteiger partial charge in [-0.05, 0) is 47.9 Å². The third-order valence-corrected chi connectivity index (χ3v) is 6.70. The number of carbonyl (C=O) groups is 1. The molecule has 1 saturated carbocycles. The highest BCUT2D eigenvalue weighted by molar-refractivity contribution is 5.82. The zero-order chi connectivity index (χ0) is 16.9. The third kappa shape index (κ3) is 2.00. The number of carbonyl (C=O) groups excluding carboxylic acids is 1. The van der Waals surface area contributed by atoms with E-state index in [1.54, 1.807) is 7.11 Å². The number of nitriles is 1. The van der Waals surface area contributed by atoms with Gasteiger partial charge in [0.25, 0.3) is 0 Å². The number of likely N-dealkylation sites (tertiary alicyclic amines) is 1. The van der Waals surface area contributed by atoms with E-state index < -0.39 is 0 Å². The van der Waals surface area contributed by atoms with Gasteiger partial charge >= 0.3 is 0 Å². The monoisotopic (exact) mass is 324 g/mol. The Bertz CT molecular complexity index is 723. The van der Waals surface area contributed by atoms with Gasteiger partial charge in [-0.1, -0.05) is 19.4 Å². The fraction of sp³-hybridized carbons (Fsp3) is 0.600. The topological polar surface area (TPSA) is 53.3 Å². The van der Waals surface area contributed by atoms with Gasteiger partial charge in [0.15, 0.2) is 6.19 Å². The maximum Gasteiger partial charge on any atom is 0.179 e. The number of Topliss-reactive ketones (excluding diaryl/α,β-unsaturated/α-hetero) is 1. The zero-order valence-corrected chi connectivity index (χ0v) is 14.4. The lowest BCUT2D eigenvalue weighted by Gasteiger charge is -2.59. The summed E-state index contributed by atoms with van der Waals surface area (Å²) in [5.74, 6) is 2.03. The molecule has 0 aromatic heterocycles. The summed E-state index contributed by atoms with van der Waals surface area (Å²) in [5, 5.41) is 9.62. The zero-order valence-electron chi connectivity index (χ0n) is 14.4. The van der Waals surface area contributed by atoms with Crippen molar-refractivity contribution in [1.29, 1.82) is 5.26 Å². The predicted molar refractivity (Wildman–Crippen MR) is 90.6 cm³/mol. The number of ketones is 1. The van der Waals surface area contributed by atoms with E-state index in [9.17, 15) is 10.1 Å². The molecular formula is C20H24N2O2. The van der Waals surface area contributed by atoms with Gasteiger partial charge in [0.2, 0.25) is 0 Å². The van der Waals surface area contributed by atoms with Crippen molar-refractivity contribution < 1.29 is 9.53 Å². The molecule has 126 valence electrons. The molecule has 2 fully saturated rings. The largest absolute Gasteiger partial charge is 0.497 e. The first kappa shape index (κ1) is 15.5. The number of rotatable bonds is 2. The lowest BCUT2D eigenvalue weighted by molar-refractivity contribution is -0.130. The average molecular weight is 324 g/mol. The first-order valence-corrected chi connectivity index (χ1v) is 8.98. The standard InChI is InChI=1S/C20H24N2O2/c1-3-13-8-15(23)11-20-6-7-22(12-21)18(19(13)20)9-14-4-5-16(24-2)10-17(14)20/h4-5,10,13,18-19H,3,6-9,11H2,1-2H3/t13-,18-,19+,20-/m1/s1. The maximum atomic E-state index is 12.6. The molecule has 0 radical (unpaired) electrons. The van der Waals surface area contributed by atoms with E-state index >= 15 is 0 Å². The van der Waals surface area contributed by atoms with Crippen LogP contribution in [0.4, 0.5) is 0 Å². The SMILES string of the molecule is CC[C@@H]1CC(=O)C[C@]23CCN(C#N)[C@H](Cc4ccc(OC)cc42)[C@H]13. The van der Waals surface area contributed by atoms with Crippen molar-refractivity contribution in [3.8, 4) is 11.9 Å². The number of hydrogen-bond donors (Lipinski definition) is 0. The number of methoxy groups -OCH3 is 1. The van der Waals surface area contributed by atoms with Crippen LogP contribution in [0.15, 0.2) is 18.2 Å². The second kappa shape index (κ2) is 5.51. The van der Waals surface area contributed by atoms with E-state index in [1.807, 2.05) is 11.0 Å². The van der Waals surface area contributed by atoms with Crippen molar-refractivity contribution in [2.75, 3.05) is 13.7 Å². The molecule has 1 saturated heterocycles. The molecule has 1 aromatic rings. The highest BCUT2D eigenvalue weighted by Crippen LogP contribution is 2.57. The summed E-state index contributed by atoms with van der Waals surface area (Å²) >= 11 is 0. The molecule has 24 heavy (non-hydrogen) atoms. The van der Waals surface area contributed by atoms with Crippen LogP contribution < -0.4 is 4.74 Å². The van der Waals surface area contributed by atoms with Gasteiger partial charge in [-0.25, -0.2) is 0 Å². The molecule has 4 nitrogen and oxygen atoms in total. The smallest absolute Gasteiger partial charge is 0.179 e. The fourth-order valence-electron chi connectivity index (χ4n) is 5.75. The number of ether oxygens (including phenoxy) is 1. The summed E-state index contributed by atoms with van der Waals surface area (Å²) in [6.07, 6.45) is 6.54. The molecule has 1 aliphatic heterocycles. The molecule has 2 bridgehead atoms. The minimum Gasteiger partial charge on any atom is -0.497 e. The second-order valence-electron chi connectivity index (χ2n) is 7.61. The molecule has 0 spiro atoms. The normalized spacial score (nSPS) is 34.1. The van der Waals surface area contributed by atoms with Crippen LogP contribution in [0.3, 0.4) is 0 Å². The predicted octanol–water partition coefficient (Wildman–Crippen LogP) is 3.05. The van der Waals surface area contributed by atoms with Gasteiger partial charge < -0.3 is 9.64 Å². The molecule has 2 aliphatic carbocycles. The van der Waals surface area contributed by atoms with Crippen molar-refractivity contribution in [3.63, 3.8) is 0 Å². The summed E-state index contributed by atoms with van der Waals surface area (Å²) in [6.45, 7) is 2.95. The van der Waals surface area contributed by atoms with Crippen molar-refractivity contribution in [2.24, 2.45) is 11.8 Å². The molecule has 1 aromatic carbocycles. The van der Waals surface area contributed by atoms with E-state index in [2.05, 4.69) is 25.2 Å². The molecule has 0 unspecified atom stereocenters. The summed E-state index contributed by atoms with van der Waals surface area (Å²) in [7, 11) is 1.70. The molecule has 4 atom stereocenters. The van der Waals surface area contributed by atoms with Crippen LogP contribution in [0.2, 0.25) is 0 Å². The van der Waals surface area contributed by atoms with Crippen LogP contribution in [0.1, 0.15) is 43.7 Å². The Morgan fingerprint density at radius 2 is 2.25 bits per heavy atom. The minimum atomic E-state index is -0.101. The summed E-state index contributed by atoms with van der Waals surface area (Å²) in [6, 6.07) is 6.54. The number of hydrogen-bond acceptors (Lipinski definition) is 4. The van der Waals surface area contributed by atoms with E-state index in [1.165, 1.54) is 11.1 Å². The second-order valence-corrected chi connectivity index (χ2v) is 7.61. The van der Waals surface area contributed by atoms with Crippen LogP contribution in [-0.2, 0) is 16.6 Å². The van der Waals surface area contributed by atoms with Crippen LogP contribution in [0, 0.1) is 23.3 Å². The molecule has 4 heteroatoms. The number of nitrogens with zero attached hydrogens (tertiary/aromatic N) is 2. The number of fused-ring (bicyclic) bond motifs is 1. The number of benzene rings is 1. The van der Waals surface area contributed by atoms with Gasteiger partial charge in [0.1, 0.15) is 11.5 Å². The fourth-order valence-corrected chi connectivity index (χ4v) is 5.75.